The number of carbonyl (C=O) groups excluding carboxylic acids is 1. The van der Waals surface area contributed by atoms with E-state index >= 15 is 0 Å². The number of sulfonamides is 1. The number of aryl methyl sites for hydroxylation is 3. The largest absolute Gasteiger partial charge is 0.353 e. The molecule has 1 amide bonds. The topological polar surface area (TPSA) is 75.3 Å². The van der Waals surface area contributed by atoms with Crippen molar-refractivity contribution in [1.29, 1.82) is 0 Å². The zero-order valence-corrected chi connectivity index (χ0v) is 17.4. The molecule has 0 radical (unpaired) electrons. The summed E-state index contributed by atoms with van der Waals surface area (Å²) in [5, 5.41) is 2.81. The molecule has 0 bridgehead atoms. The van der Waals surface area contributed by atoms with Crippen molar-refractivity contribution < 1.29 is 13.2 Å². The van der Waals surface area contributed by atoms with Crippen LogP contribution in [-0.4, -0.2) is 26.4 Å². The second-order valence-electron chi connectivity index (χ2n) is 7.25. The molecule has 0 aliphatic rings. The standard InChI is InChI=1S/C21H28N2O3S/c1-14(2)22-21(24)19(13-18-9-7-6-8-10-18)23-27(25,26)20-16(4)11-15(3)12-17(20)5/h6-12,14,19,23H,13H2,1-5H3,(H,22,24)/t19-/m1/s1. The first-order valence-electron chi connectivity index (χ1n) is 9.04. The van der Waals surface area contributed by atoms with E-state index in [2.05, 4.69) is 10.0 Å². The number of benzene rings is 2. The van der Waals surface area contributed by atoms with Crippen LogP contribution in [0.15, 0.2) is 47.4 Å². The van der Waals surface area contributed by atoms with E-state index in [1.54, 1.807) is 13.8 Å². The number of nitrogens with one attached hydrogen (secondary N) is 2. The molecule has 5 nitrogen and oxygen atoms in total. The first-order valence-corrected chi connectivity index (χ1v) is 10.5. The predicted molar refractivity (Wildman–Crippen MR) is 108 cm³/mol. The summed E-state index contributed by atoms with van der Waals surface area (Å²) in [6.45, 7) is 9.17. The quantitative estimate of drug-likeness (QED) is 0.766. The van der Waals surface area contributed by atoms with Crippen molar-refractivity contribution in [2.45, 2.75) is 58.0 Å². The van der Waals surface area contributed by atoms with E-state index in [0.29, 0.717) is 11.1 Å². The van der Waals surface area contributed by atoms with Crippen molar-refractivity contribution >= 4 is 15.9 Å². The van der Waals surface area contributed by atoms with E-state index in [4.69, 9.17) is 0 Å². The predicted octanol–water partition coefficient (Wildman–Crippen LogP) is 3.03. The van der Waals surface area contributed by atoms with Crippen LogP contribution >= 0.6 is 0 Å². The molecule has 146 valence electrons. The third kappa shape index (κ3) is 5.65. The van der Waals surface area contributed by atoms with Crippen LogP contribution in [0.3, 0.4) is 0 Å². The number of hydrogen-bond donors (Lipinski definition) is 2. The summed E-state index contributed by atoms with van der Waals surface area (Å²) in [7, 11) is -3.85. The average Bonchev–Trinajstić information content (AvgIpc) is 2.53. The summed E-state index contributed by atoms with van der Waals surface area (Å²) in [5.74, 6) is -0.333. The lowest BCUT2D eigenvalue weighted by Crippen LogP contribution is -2.49. The highest BCUT2D eigenvalue weighted by Gasteiger charge is 2.28. The Morgan fingerprint density at radius 1 is 1.00 bits per heavy atom. The van der Waals surface area contributed by atoms with Crippen molar-refractivity contribution in [2.75, 3.05) is 0 Å². The summed E-state index contributed by atoms with van der Waals surface area (Å²) in [5.41, 5.74) is 3.23. The van der Waals surface area contributed by atoms with Gasteiger partial charge in [-0.2, -0.15) is 4.72 Å². The lowest BCUT2D eigenvalue weighted by atomic mass is 10.1. The Hall–Kier alpha value is -2.18. The zero-order chi connectivity index (χ0) is 20.2. The maximum atomic E-state index is 13.1. The molecule has 0 aromatic heterocycles. The first-order chi connectivity index (χ1) is 12.6. The van der Waals surface area contributed by atoms with Gasteiger partial charge in [0, 0.05) is 6.04 Å². The normalized spacial score (nSPS) is 12.8. The van der Waals surface area contributed by atoms with E-state index in [9.17, 15) is 13.2 Å². The van der Waals surface area contributed by atoms with Gasteiger partial charge in [0.2, 0.25) is 15.9 Å². The maximum Gasteiger partial charge on any atom is 0.241 e. The van der Waals surface area contributed by atoms with Gasteiger partial charge in [-0.05, 0) is 57.7 Å². The molecule has 2 N–H and O–H groups in total. The lowest BCUT2D eigenvalue weighted by molar-refractivity contribution is -0.123. The third-order valence-electron chi connectivity index (χ3n) is 4.20. The van der Waals surface area contributed by atoms with Crippen LogP contribution in [0.4, 0.5) is 0 Å². The minimum atomic E-state index is -3.85. The number of rotatable bonds is 7. The van der Waals surface area contributed by atoms with Crippen LogP contribution in [0.25, 0.3) is 0 Å². The van der Waals surface area contributed by atoms with Crippen molar-refractivity contribution in [1.82, 2.24) is 10.0 Å². The second-order valence-corrected chi connectivity index (χ2v) is 8.91. The minimum Gasteiger partial charge on any atom is -0.353 e. The zero-order valence-electron chi connectivity index (χ0n) is 16.5. The molecule has 0 fully saturated rings. The second kappa shape index (κ2) is 8.67. The highest BCUT2D eigenvalue weighted by Crippen LogP contribution is 2.22. The molecule has 0 saturated carbocycles. The number of carbonyl (C=O) groups is 1. The van der Waals surface area contributed by atoms with Crippen LogP contribution < -0.4 is 10.0 Å². The Labute approximate surface area is 162 Å². The van der Waals surface area contributed by atoms with Crippen molar-refractivity contribution in [3.63, 3.8) is 0 Å². The Morgan fingerprint density at radius 2 is 1.56 bits per heavy atom. The fraction of sp³-hybridized carbons (Fsp3) is 0.381. The van der Waals surface area contributed by atoms with Gasteiger partial charge in [-0.25, -0.2) is 8.42 Å². The SMILES string of the molecule is Cc1cc(C)c(S(=O)(=O)N[C@H](Cc2ccccc2)C(=O)NC(C)C)c(C)c1. The van der Waals surface area contributed by atoms with Gasteiger partial charge in [-0.3, -0.25) is 4.79 Å². The van der Waals surface area contributed by atoms with Gasteiger partial charge >= 0.3 is 0 Å². The van der Waals surface area contributed by atoms with Gasteiger partial charge in [0.05, 0.1) is 4.90 Å². The van der Waals surface area contributed by atoms with E-state index in [0.717, 1.165) is 11.1 Å². The molecule has 0 aliphatic carbocycles. The molecule has 2 rings (SSSR count). The average molecular weight is 389 g/mol. The van der Waals surface area contributed by atoms with Crippen molar-refractivity contribution in [3.8, 4) is 0 Å². The Bertz CT molecular complexity index is 883. The van der Waals surface area contributed by atoms with Crippen LogP contribution in [0.1, 0.15) is 36.1 Å². The smallest absolute Gasteiger partial charge is 0.241 e. The lowest BCUT2D eigenvalue weighted by Gasteiger charge is -2.21. The summed E-state index contributed by atoms with van der Waals surface area (Å²) in [6, 6.07) is 12.1. The van der Waals surface area contributed by atoms with E-state index < -0.39 is 16.1 Å². The third-order valence-corrected chi connectivity index (χ3v) is 5.98. The van der Waals surface area contributed by atoms with Crippen LogP contribution in [-0.2, 0) is 21.2 Å². The van der Waals surface area contributed by atoms with E-state index in [-0.39, 0.29) is 23.3 Å². The van der Waals surface area contributed by atoms with Gasteiger partial charge < -0.3 is 5.32 Å². The summed E-state index contributed by atoms with van der Waals surface area (Å²) >= 11 is 0. The molecule has 27 heavy (non-hydrogen) atoms. The molecule has 0 spiro atoms. The summed E-state index contributed by atoms with van der Waals surface area (Å²) < 4.78 is 28.8. The van der Waals surface area contributed by atoms with Crippen LogP contribution in [0.5, 0.6) is 0 Å². The fourth-order valence-corrected chi connectivity index (χ4v) is 4.91. The van der Waals surface area contributed by atoms with Crippen LogP contribution in [0.2, 0.25) is 0 Å². The monoisotopic (exact) mass is 388 g/mol. The first kappa shape index (κ1) is 21.1. The Morgan fingerprint density at radius 3 is 2.07 bits per heavy atom. The van der Waals surface area contributed by atoms with Gasteiger partial charge in [-0.15, -0.1) is 0 Å². The molecule has 0 aliphatic heterocycles. The Balaban J connectivity index is 2.37. The molecular formula is C21H28N2O3S. The van der Waals surface area contributed by atoms with Gasteiger partial charge in [0.25, 0.3) is 0 Å². The molecule has 2 aromatic carbocycles. The fourth-order valence-electron chi connectivity index (χ4n) is 3.26. The maximum absolute atomic E-state index is 13.1. The molecule has 0 heterocycles. The van der Waals surface area contributed by atoms with Gasteiger partial charge in [0.1, 0.15) is 6.04 Å². The molecule has 1 atom stereocenters. The van der Waals surface area contributed by atoms with Gasteiger partial charge in [-0.1, -0.05) is 48.0 Å². The van der Waals surface area contributed by atoms with E-state index in [1.807, 2.05) is 63.2 Å². The number of hydrogen-bond acceptors (Lipinski definition) is 3. The summed E-state index contributed by atoms with van der Waals surface area (Å²) in [6.07, 6.45) is 0.280. The molecular weight excluding hydrogens is 360 g/mol. The number of amides is 1. The molecule has 0 unspecified atom stereocenters. The summed E-state index contributed by atoms with van der Waals surface area (Å²) in [4.78, 5) is 12.9. The van der Waals surface area contributed by atoms with Crippen LogP contribution in [0, 0.1) is 20.8 Å². The molecule has 6 heteroatoms. The van der Waals surface area contributed by atoms with Crippen molar-refractivity contribution in [3.05, 3.63) is 64.7 Å². The van der Waals surface area contributed by atoms with E-state index in [1.165, 1.54) is 0 Å². The molecule has 2 aromatic rings. The highest BCUT2D eigenvalue weighted by atomic mass is 32.2. The molecule has 0 saturated heterocycles. The van der Waals surface area contributed by atoms with Gasteiger partial charge in [0.15, 0.2) is 0 Å². The highest BCUT2D eigenvalue weighted by molar-refractivity contribution is 7.89. The minimum absolute atomic E-state index is 0.0804. The Kier molecular flexibility index (Phi) is 6.78. The van der Waals surface area contributed by atoms with Crippen molar-refractivity contribution in [2.24, 2.45) is 0 Å².